The Morgan fingerprint density at radius 2 is 1.91 bits per heavy atom. The van der Waals surface area contributed by atoms with Gasteiger partial charge in [-0.2, -0.15) is 0 Å². The minimum atomic E-state index is -0.111. The molecule has 0 saturated heterocycles. The largest absolute Gasteiger partial charge is 0.486 e. The second-order valence-electron chi connectivity index (χ2n) is 5.67. The van der Waals surface area contributed by atoms with Gasteiger partial charge < -0.3 is 10.1 Å². The molecule has 2 aromatic rings. The van der Waals surface area contributed by atoms with E-state index in [0.29, 0.717) is 6.54 Å². The van der Waals surface area contributed by atoms with Gasteiger partial charge in [0, 0.05) is 5.69 Å². The molecular formula is C19H22N2O2. The molecule has 1 N–H and O–H groups in total. The highest BCUT2D eigenvalue weighted by atomic mass is 16.5. The van der Waals surface area contributed by atoms with Crippen LogP contribution in [0.5, 0.6) is 5.75 Å². The van der Waals surface area contributed by atoms with E-state index in [9.17, 15) is 4.79 Å². The van der Waals surface area contributed by atoms with E-state index in [0.717, 1.165) is 35.5 Å². The highest BCUT2D eigenvalue weighted by Crippen LogP contribution is 2.34. The van der Waals surface area contributed by atoms with Crippen LogP contribution in [0.4, 0.5) is 16.2 Å². The third kappa shape index (κ3) is 3.16. The van der Waals surface area contributed by atoms with Crippen molar-refractivity contribution in [2.45, 2.75) is 32.8 Å². The summed E-state index contributed by atoms with van der Waals surface area (Å²) in [4.78, 5) is 14.6. The van der Waals surface area contributed by atoms with Crippen LogP contribution in [-0.2, 0) is 6.42 Å². The van der Waals surface area contributed by atoms with Crippen molar-refractivity contribution >= 4 is 17.4 Å². The first-order valence-corrected chi connectivity index (χ1v) is 8.15. The Bertz CT molecular complexity index is 699. The van der Waals surface area contributed by atoms with Crippen LogP contribution in [0.1, 0.15) is 25.8 Å². The Morgan fingerprint density at radius 3 is 2.70 bits per heavy atom. The summed E-state index contributed by atoms with van der Waals surface area (Å²) < 4.78 is 5.93. The molecule has 1 aliphatic rings. The molecule has 1 aliphatic heterocycles. The Morgan fingerprint density at radius 1 is 1.17 bits per heavy atom. The molecule has 0 aromatic heterocycles. The monoisotopic (exact) mass is 310 g/mol. The lowest BCUT2D eigenvalue weighted by Crippen LogP contribution is -2.45. The summed E-state index contributed by atoms with van der Waals surface area (Å²) in [5, 5.41) is 3.05. The fourth-order valence-corrected chi connectivity index (χ4v) is 2.84. The number of rotatable bonds is 3. The van der Waals surface area contributed by atoms with Crippen LogP contribution < -0.4 is 15.0 Å². The van der Waals surface area contributed by atoms with Gasteiger partial charge in [-0.15, -0.1) is 0 Å². The van der Waals surface area contributed by atoms with E-state index >= 15 is 0 Å². The van der Waals surface area contributed by atoms with Crippen molar-refractivity contribution in [3.05, 3.63) is 54.1 Å². The van der Waals surface area contributed by atoms with Gasteiger partial charge in [0.1, 0.15) is 11.9 Å². The number of carbonyl (C=O) groups excluding carboxylic acids is 1. The van der Waals surface area contributed by atoms with Gasteiger partial charge in [-0.3, -0.25) is 4.90 Å². The molecule has 1 atom stereocenters. The molecule has 4 nitrogen and oxygen atoms in total. The lowest BCUT2D eigenvalue weighted by Gasteiger charge is -2.34. The molecular weight excluding hydrogens is 288 g/mol. The number of para-hydroxylation sites is 3. The maximum atomic E-state index is 12.8. The molecule has 3 rings (SSSR count). The summed E-state index contributed by atoms with van der Waals surface area (Å²) in [6.45, 7) is 4.72. The molecule has 4 heteroatoms. The molecule has 0 bridgehead atoms. The molecule has 2 aromatic carbocycles. The second kappa shape index (κ2) is 6.73. The number of urea groups is 1. The molecule has 0 unspecified atom stereocenters. The maximum absolute atomic E-state index is 12.8. The van der Waals surface area contributed by atoms with Crippen molar-refractivity contribution in [1.29, 1.82) is 0 Å². The van der Waals surface area contributed by atoms with Gasteiger partial charge in [0.25, 0.3) is 0 Å². The summed E-state index contributed by atoms with van der Waals surface area (Å²) in [5.74, 6) is 0.768. The number of hydrogen-bond acceptors (Lipinski definition) is 2. The Kier molecular flexibility index (Phi) is 4.51. The minimum absolute atomic E-state index is 0.0251. The Balaban J connectivity index is 1.87. The van der Waals surface area contributed by atoms with Crippen molar-refractivity contribution in [3.8, 4) is 5.75 Å². The molecule has 0 radical (unpaired) electrons. The maximum Gasteiger partial charge on any atom is 0.326 e. The first-order valence-electron chi connectivity index (χ1n) is 8.15. The number of hydrogen-bond donors (Lipinski definition) is 1. The number of fused-ring (bicyclic) bond motifs is 1. The highest BCUT2D eigenvalue weighted by molar-refractivity contribution is 6.03. The lowest BCUT2D eigenvalue weighted by molar-refractivity contribution is 0.188. The van der Waals surface area contributed by atoms with Gasteiger partial charge in [-0.05, 0) is 36.6 Å². The summed E-state index contributed by atoms with van der Waals surface area (Å²) in [5.41, 5.74) is 2.83. The van der Waals surface area contributed by atoms with E-state index in [-0.39, 0.29) is 12.1 Å². The van der Waals surface area contributed by atoms with Gasteiger partial charge in [-0.1, -0.05) is 44.2 Å². The summed E-state index contributed by atoms with van der Waals surface area (Å²) >= 11 is 0. The topological polar surface area (TPSA) is 41.6 Å². The standard InChI is InChI=1S/C19H22N2O2/c1-3-14-9-5-6-10-16(14)20-19(22)21-13-15(4-2)23-18-12-8-7-11-17(18)21/h5-12,15H,3-4,13H2,1-2H3,(H,20,22)/t15-/m0/s1. The van der Waals surface area contributed by atoms with Crippen molar-refractivity contribution in [3.63, 3.8) is 0 Å². The number of amides is 2. The normalized spacial score (nSPS) is 16.4. The van der Waals surface area contributed by atoms with Crippen molar-refractivity contribution < 1.29 is 9.53 Å². The van der Waals surface area contributed by atoms with Crippen LogP contribution in [-0.4, -0.2) is 18.7 Å². The number of carbonyl (C=O) groups is 1. The van der Waals surface area contributed by atoms with E-state index in [2.05, 4.69) is 19.2 Å². The Labute approximate surface area is 137 Å². The molecule has 0 fully saturated rings. The first-order chi connectivity index (χ1) is 11.2. The van der Waals surface area contributed by atoms with Crippen LogP contribution in [0.3, 0.4) is 0 Å². The average Bonchev–Trinajstić information content (AvgIpc) is 2.61. The third-order valence-electron chi connectivity index (χ3n) is 4.18. The predicted molar refractivity (Wildman–Crippen MR) is 93.3 cm³/mol. The molecule has 23 heavy (non-hydrogen) atoms. The number of anilines is 2. The molecule has 1 heterocycles. The van der Waals surface area contributed by atoms with Gasteiger partial charge in [0.15, 0.2) is 0 Å². The number of nitrogens with one attached hydrogen (secondary N) is 1. The van der Waals surface area contributed by atoms with E-state index in [1.807, 2.05) is 48.5 Å². The van der Waals surface area contributed by atoms with Crippen LogP contribution in [0.15, 0.2) is 48.5 Å². The number of nitrogens with zero attached hydrogens (tertiary/aromatic N) is 1. The van der Waals surface area contributed by atoms with E-state index < -0.39 is 0 Å². The zero-order valence-electron chi connectivity index (χ0n) is 13.6. The average molecular weight is 310 g/mol. The molecule has 0 aliphatic carbocycles. The quantitative estimate of drug-likeness (QED) is 0.909. The predicted octanol–water partition coefficient (Wildman–Crippen LogP) is 4.46. The molecule has 0 spiro atoms. The van der Waals surface area contributed by atoms with E-state index in [1.165, 1.54) is 0 Å². The second-order valence-corrected chi connectivity index (χ2v) is 5.67. The van der Waals surface area contributed by atoms with Crippen LogP contribution in [0.2, 0.25) is 0 Å². The Hall–Kier alpha value is -2.49. The fraction of sp³-hybridized carbons (Fsp3) is 0.316. The lowest BCUT2D eigenvalue weighted by atomic mass is 10.1. The number of aryl methyl sites for hydroxylation is 1. The third-order valence-corrected chi connectivity index (χ3v) is 4.18. The van der Waals surface area contributed by atoms with Crippen LogP contribution >= 0.6 is 0 Å². The SMILES string of the molecule is CCc1ccccc1NC(=O)N1C[C@H](CC)Oc2ccccc21. The van der Waals surface area contributed by atoms with Gasteiger partial charge >= 0.3 is 6.03 Å². The van der Waals surface area contributed by atoms with Crippen molar-refractivity contribution in [2.75, 3.05) is 16.8 Å². The molecule has 120 valence electrons. The van der Waals surface area contributed by atoms with Crippen molar-refractivity contribution in [2.24, 2.45) is 0 Å². The minimum Gasteiger partial charge on any atom is -0.486 e. The smallest absolute Gasteiger partial charge is 0.326 e. The number of ether oxygens (including phenoxy) is 1. The van der Waals surface area contributed by atoms with Gasteiger partial charge in [0.05, 0.1) is 12.2 Å². The van der Waals surface area contributed by atoms with Gasteiger partial charge in [-0.25, -0.2) is 4.79 Å². The van der Waals surface area contributed by atoms with Crippen LogP contribution in [0, 0.1) is 0 Å². The van der Waals surface area contributed by atoms with E-state index in [4.69, 9.17) is 4.74 Å². The van der Waals surface area contributed by atoms with Crippen molar-refractivity contribution in [1.82, 2.24) is 0 Å². The van der Waals surface area contributed by atoms with Crippen LogP contribution in [0.25, 0.3) is 0 Å². The van der Waals surface area contributed by atoms with Gasteiger partial charge in [0.2, 0.25) is 0 Å². The fourth-order valence-electron chi connectivity index (χ4n) is 2.84. The highest BCUT2D eigenvalue weighted by Gasteiger charge is 2.28. The molecule has 0 saturated carbocycles. The van der Waals surface area contributed by atoms with E-state index in [1.54, 1.807) is 4.90 Å². The first kappa shape index (κ1) is 15.4. The zero-order chi connectivity index (χ0) is 16.2. The number of benzene rings is 2. The summed E-state index contributed by atoms with van der Waals surface area (Å²) in [6, 6.07) is 15.5. The molecule has 2 amide bonds. The zero-order valence-corrected chi connectivity index (χ0v) is 13.6. The summed E-state index contributed by atoms with van der Waals surface area (Å²) in [6.07, 6.45) is 1.77. The summed E-state index contributed by atoms with van der Waals surface area (Å²) in [7, 11) is 0.